The van der Waals surface area contributed by atoms with Crippen LogP contribution in [0.5, 0.6) is 0 Å². The second-order valence-electron chi connectivity index (χ2n) is 4.74. The highest BCUT2D eigenvalue weighted by Gasteiger charge is 2.15. The number of hydrogen-bond acceptors (Lipinski definition) is 3. The number of ether oxygens (including phenoxy) is 2. The van der Waals surface area contributed by atoms with Gasteiger partial charge < -0.3 is 9.47 Å². The van der Waals surface area contributed by atoms with Gasteiger partial charge in [-0.1, -0.05) is 18.2 Å². The number of nitrogens with zero attached hydrogens (tertiary/aromatic N) is 1. The van der Waals surface area contributed by atoms with Gasteiger partial charge in [0.1, 0.15) is 3.70 Å². The third-order valence-electron chi connectivity index (χ3n) is 3.31. The van der Waals surface area contributed by atoms with E-state index in [0.29, 0.717) is 6.61 Å². The zero-order chi connectivity index (χ0) is 13.1. The molecule has 19 heavy (non-hydrogen) atoms. The van der Waals surface area contributed by atoms with Crippen molar-refractivity contribution in [2.45, 2.75) is 32.2 Å². The molecule has 0 aliphatic carbocycles. The van der Waals surface area contributed by atoms with Crippen LogP contribution in [0.2, 0.25) is 0 Å². The second-order valence-corrected chi connectivity index (χ2v) is 5.76. The third kappa shape index (κ3) is 3.24. The number of pyridine rings is 1. The van der Waals surface area contributed by atoms with Gasteiger partial charge in [0.05, 0.1) is 12.1 Å². The summed E-state index contributed by atoms with van der Waals surface area (Å²) in [6, 6.07) is 10.3. The van der Waals surface area contributed by atoms with Crippen molar-refractivity contribution in [3.05, 3.63) is 39.6 Å². The molecule has 0 radical (unpaired) electrons. The van der Waals surface area contributed by atoms with Crippen molar-refractivity contribution in [1.82, 2.24) is 4.98 Å². The van der Waals surface area contributed by atoms with Gasteiger partial charge in [-0.15, -0.1) is 0 Å². The SMILES string of the molecule is Ic1nc2ccccc2cc1COC1CCCCO1. The normalized spacial score (nSPS) is 19.7. The van der Waals surface area contributed by atoms with Crippen molar-refractivity contribution in [3.8, 4) is 0 Å². The van der Waals surface area contributed by atoms with Crippen molar-refractivity contribution >= 4 is 33.5 Å². The first-order valence-electron chi connectivity index (χ1n) is 6.60. The standard InChI is InChI=1S/C15H16INO2/c16-15-12(10-19-14-7-3-4-8-18-14)9-11-5-1-2-6-13(11)17-15/h1-2,5-6,9,14H,3-4,7-8,10H2. The first-order valence-corrected chi connectivity index (χ1v) is 7.68. The number of hydrogen-bond donors (Lipinski definition) is 0. The highest BCUT2D eigenvalue weighted by atomic mass is 127. The molecule has 1 unspecified atom stereocenters. The maximum absolute atomic E-state index is 5.83. The van der Waals surface area contributed by atoms with Crippen molar-refractivity contribution < 1.29 is 9.47 Å². The third-order valence-corrected chi connectivity index (χ3v) is 4.25. The van der Waals surface area contributed by atoms with E-state index in [1.165, 1.54) is 6.42 Å². The molecule has 0 bridgehead atoms. The Morgan fingerprint density at radius 2 is 2.21 bits per heavy atom. The Hall–Kier alpha value is -0.720. The molecular weight excluding hydrogens is 353 g/mol. The lowest BCUT2D eigenvalue weighted by Gasteiger charge is -2.22. The summed E-state index contributed by atoms with van der Waals surface area (Å²) in [5, 5.41) is 1.16. The molecule has 1 aromatic heterocycles. The molecule has 1 fully saturated rings. The summed E-state index contributed by atoms with van der Waals surface area (Å²) in [4.78, 5) is 4.61. The molecule has 1 saturated heterocycles. The molecule has 4 heteroatoms. The quantitative estimate of drug-likeness (QED) is 0.608. The maximum atomic E-state index is 5.83. The molecule has 1 aliphatic heterocycles. The molecule has 2 heterocycles. The Bertz CT molecular complexity index is 567. The van der Waals surface area contributed by atoms with Crippen LogP contribution in [-0.2, 0) is 16.1 Å². The number of para-hydroxylation sites is 1. The Morgan fingerprint density at radius 3 is 3.05 bits per heavy atom. The average Bonchev–Trinajstić information content (AvgIpc) is 2.46. The Labute approximate surface area is 126 Å². The summed E-state index contributed by atoms with van der Waals surface area (Å²) >= 11 is 2.27. The Kier molecular flexibility index (Phi) is 4.30. The summed E-state index contributed by atoms with van der Waals surface area (Å²) in [5.74, 6) is 0. The van der Waals surface area contributed by atoms with Crippen molar-refractivity contribution in [2.75, 3.05) is 6.61 Å². The lowest BCUT2D eigenvalue weighted by atomic mass is 10.1. The highest BCUT2D eigenvalue weighted by molar-refractivity contribution is 14.1. The molecule has 3 rings (SSSR count). The number of rotatable bonds is 3. The molecule has 0 N–H and O–H groups in total. The minimum absolute atomic E-state index is 0.0454. The van der Waals surface area contributed by atoms with Gasteiger partial charge in [0.15, 0.2) is 6.29 Å². The van der Waals surface area contributed by atoms with Crippen molar-refractivity contribution in [2.24, 2.45) is 0 Å². The average molecular weight is 369 g/mol. The van der Waals surface area contributed by atoms with Crippen LogP contribution in [0.4, 0.5) is 0 Å². The van der Waals surface area contributed by atoms with E-state index >= 15 is 0 Å². The summed E-state index contributed by atoms with van der Waals surface area (Å²) in [5.41, 5.74) is 2.16. The summed E-state index contributed by atoms with van der Waals surface area (Å²) in [6.07, 6.45) is 3.29. The van der Waals surface area contributed by atoms with Crippen LogP contribution in [0.3, 0.4) is 0 Å². The topological polar surface area (TPSA) is 31.4 Å². The minimum Gasteiger partial charge on any atom is -0.353 e. The molecule has 1 atom stereocenters. The molecule has 0 saturated carbocycles. The van der Waals surface area contributed by atoms with Gasteiger partial charge in [-0.25, -0.2) is 4.98 Å². The van der Waals surface area contributed by atoms with Gasteiger partial charge in [-0.3, -0.25) is 0 Å². The van der Waals surface area contributed by atoms with Gasteiger partial charge in [0.25, 0.3) is 0 Å². The van der Waals surface area contributed by atoms with E-state index in [4.69, 9.17) is 9.47 Å². The Balaban J connectivity index is 1.74. The van der Waals surface area contributed by atoms with Crippen LogP contribution in [-0.4, -0.2) is 17.9 Å². The van der Waals surface area contributed by atoms with Gasteiger partial charge >= 0.3 is 0 Å². The number of fused-ring (bicyclic) bond motifs is 1. The van der Waals surface area contributed by atoms with E-state index in [0.717, 1.165) is 39.6 Å². The van der Waals surface area contributed by atoms with Crippen molar-refractivity contribution in [3.63, 3.8) is 0 Å². The fraction of sp³-hybridized carbons (Fsp3) is 0.400. The van der Waals surface area contributed by atoms with E-state index in [1.54, 1.807) is 0 Å². The maximum Gasteiger partial charge on any atom is 0.158 e. The van der Waals surface area contributed by atoms with E-state index < -0.39 is 0 Å². The summed E-state index contributed by atoms with van der Waals surface area (Å²) in [6.45, 7) is 1.39. The second kappa shape index (κ2) is 6.15. The van der Waals surface area contributed by atoms with Crippen LogP contribution in [0.15, 0.2) is 30.3 Å². The molecule has 0 amide bonds. The largest absolute Gasteiger partial charge is 0.353 e. The molecule has 0 spiro atoms. The smallest absolute Gasteiger partial charge is 0.158 e. The number of benzene rings is 1. The monoisotopic (exact) mass is 369 g/mol. The Morgan fingerprint density at radius 1 is 1.32 bits per heavy atom. The minimum atomic E-state index is -0.0454. The van der Waals surface area contributed by atoms with Gasteiger partial charge in [-0.05, 0) is 54.0 Å². The zero-order valence-electron chi connectivity index (χ0n) is 10.6. The fourth-order valence-electron chi connectivity index (χ4n) is 2.26. The first kappa shape index (κ1) is 13.3. The van der Waals surface area contributed by atoms with Crippen LogP contribution in [0.25, 0.3) is 10.9 Å². The zero-order valence-corrected chi connectivity index (χ0v) is 12.8. The molecule has 1 aromatic carbocycles. The lowest BCUT2D eigenvalue weighted by molar-refractivity contribution is -0.169. The van der Waals surface area contributed by atoms with E-state index in [1.807, 2.05) is 18.2 Å². The lowest BCUT2D eigenvalue weighted by Crippen LogP contribution is -2.22. The molecule has 1 aliphatic rings. The predicted octanol–water partition coefficient (Wildman–Crippen LogP) is 3.88. The summed E-state index contributed by atoms with van der Waals surface area (Å²) in [7, 11) is 0. The number of halogens is 1. The van der Waals surface area contributed by atoms with Crippen LogP contribution >= 0.6 is 22.6 Å². The van der Waals surface area contributed by atoms with E-state index in [2.05, 4.69) is 39.7 Å². The highest BCUT2D eigenvalue weighted by Crippen LogP contribution is 2.21. The summed E-state index contributed by atoms with van der Waals surface area (Å²) < 4.78 is 12.4. The van der Waals surface area contributed by atoms with E-state index in [9.17, 15) is 0 Å². The first-order chi connectivity index (χ1) is 9.33. The molecule has 100 valence electrons. The molecular formula is C15H16INO2. The van der Waals surface area contributed by atoms with Crippen molar-refractivity contribution in [1.29, 1.82) is 0 Å². The van der Waals surface area contributed by atoms with Gasteiger partial charge in [-0.2, -0.15) is 0 Å². The molecule has 2 aromatic rings. The fourth-order valence-corrected chi connectivity index (χ4v) is 2.83. The van der Waals surface area contributed by atoms with Crippen LogP contribution in [0, 0.1) is 3.70 Å². The molecule has 3 nitrogen and oxygen atoms in total. The van der Waals surface area contributed by atoms with Gasteiger partial charge in [0, 0.05) is 17.6 Å². The predicted molar refractivity (Wildman–Crippen MR) is 82.8 cm³/mol. The number of aromatic nitrogens is 1. The van der Waals surface area contributed by atoms with Crippen LogP contribution < -0.4 is 0 Å². The van der Waals surface area contributed by atoms with Gasteiger partial charge in [0.2, 0.25) is 0 Å². The van der Waals surface area contributed by atoms with Crippen LogP contribution in [0.1, 0.15) is 24.8 Å². The van der Waals surface area contributed by atoms with E-state index in [-0.39, 0.29) is 6.29 Å².